The van der Waals surface area contributed by atoms with Gasteiger partial charge in [0.1, 0.15) is 0 Å². The number of likely N-dealkylation sites (tertiary alicyclic amines) is 1. The number of nitrogens with zero attached hydrogens (tertiary/aromatic N) is 1. The number of piperidine rings is 1. The molecule has 1 N–H and O–H groups in total. The van der Waals surface area contributed by atoms with E-state index in [1.165, 1.54) is 0 Å². The van der Waals surface area contributed by atoms with Crippen LogP contribution in [0.5, 0.6) is 0 Å². The molecule has 0 radical (unpaired) electrons. The van der Waals surface area contributed by atoms with Gasteiger partial charge in [0.2, 0.25) is 5.91 Å². The second-order valence-corrected chi connectivity index (χ2v) is 5.39. The van der Waals surface area contributed by atoms with Crippen LogP contribution in [0, 0.1) is 5.92 Å². The summed E-state index contributed by atoms with van der Waals surface area (Å²) in [6, 6.07) is 6.87. The van der Waals surface area contributed by atoms with Crippen molar-refractivity contribution >= 4 is 17.6 Å². The van der Waals surface area contributed by atoms with E-state index >= 15 is 0 Å². The third kappa shape index (κ3) is 4.29. The Kier molecular flexibility index (Phi) is 5.33. The molecule has 1 amide bonds. The summed E-state index contributed by atoms with van der Waals surface area (Å²) < 4.78 is 4.96. The zero-order valence-corrected chi connectivity index (χ0v) is 12.6. The summed E-state index contributed by atoms with van der Waals surface area (Å²) in [6.45, 7) is 3.93. The highest BCUT2D eigenvalue weighted by Gasteiger charge is 2.24. The first-order valence-electron chi connectivity index (χ1n) is 7.36. The maximum atomic E-state index is 12.3. The average molecular weight is 290 g/mol. The van der Waals surface area contributed by atoms with Gasteiger partial charge >= 0.3 is 5.97 Å². The normalized spacial score (nSPS) is 19.0. The fourth-order valence-electron chi connectivity index (χ4n) is 2.56. The van der Waals surface area contributed by atoms with Crippen LogP contribution in [0.2, 0.25) is 0 Å². The Hall–Kier alpha value is -1.88. The van der Waals surface area contributed by atoms with Crippen LogP contribution in [-0.2, 0) is 9.53 Å². The minimum atomic E-state index is -0.369. The molecule has 1 fully saturated rings. The summed E-state index contributed by atoms with van der Waals surface area (Å²) in [4.78, 5) is 26.1. The number of rotatable bonds is 4. The summed E-state index contributed by atoms with van der Waals surface area (Å²) in [5.41, 5.74) is 1.09. The number of carbonyl (C=O) groups is 2. The lowest BCUT2D eigenvalue weighted by atomic mass is 9.97. The molecule has 0 aromatic heterocycles. The van der Waals surface area contributed by atoms with Crippen LogP contribution in [-0.4, -0.2) is 43.5 Å². The molecule has 1 aliphatic heterocycles. The van der Waals surface area contributed by atoms with Gasteiger partial charge in [-0.3, -0.25) is 4.79 Å². The lowest BCUT2D eigenvalue weighted by Gasteiger charge is -2.28. The second-order valence-electron chi connectivity index (χ2n) is 5.39. The molecule has 1 aliphatic rings. The van der Waals surface area contributed by atoms with Crippen LogP contribution in [0.1, 0.15) is 30.1 Å². The van der Waals surface area contributed by atoms with Gasteiger partial charge in [0.05, 0.1) is 18.1 Å². The number of hydrogen-bond acceptors (Lipinski definition) is 4. The Morgan fingerprint density at radius 1 is 1.43 bits per heavy atom. The molecule has 1 atom stereocenters. The van der Waals surface area contributed by atoms with E-state index in [-0.39, 0.29) is 17.8 Å². The van der Waals surface area contributed by atoms with Gasteiger partial charge in [-0.15, -0.1) is 0 Å². The first kappa shape index (κ1) is 15.5. The predicted octanol–water partition coefficient (Wildman–Crippen LogP) is 2.14. The number of ether oxygens (including phenoxy) is 1. The van der Waals surface area contributed by atoms with Crippen LogP contribution < -0.4 is 5.32 Å². The van der Waals surface area contributed by atoms with Crippen molar-refractivity contribution in [3.05, 3.63) is 29.8 Å². The number of benzene rings is 1. The maximum absolute atomic E-state index is 12.3. The topological polar surface area (TPSA) is 58.6 Å². The highest BCUT2D eigenvalue weighted by atomic mass is 16.5. The van der Waals surface area contributed by atoms with Crippen molar-refractivity contribution in [3.63, 3.8) is 0 Å². The van der Waals surface area contributed by atoms with Crippen LogP contribution in [0.3, 0.4) is 0 Å². The van der Waals surface area contributed by atoms with Crippen LogP contribution in [0.4, 0.5) is 5.69 Å². The third-order valence-electron chi connectivity index (χ3n) is 3.64. The molecule has 1 aromatic carbocycles. The van der Waals surface area contributed by atoms with Gasteiger partial charge in [0.25, 0.3) is 0 Å². The van der Waals surface area contributed by atoms with Crippen LogP contribution in [0.15, 0.2) is 24.3 Å². The van der Waals surface area contributed by atoms with Gasteiger partial charge in [0, 0.05) is 12.2 Å². The van der Waals surface area contributed by atoms with Crippen LogP contribution >= 0.6 is 0 Å². The first-order chi connectivity index (χ1) is 10.1. The average Bonchev–Trinajstić information content (AvgIpc) is 2.48. The molecule has 0 bridgehead atoms. The maximum Gasteiger partial charge on any atom is 0.338 e. The Morgan fingerprint density at radius 3 is 2.95 bits per heavy atom. The van der Waals surface area contributed by atoms with Crippen molar-refractivity contribution in [2.24, 2.45) is 5.92 Å². The lowest BCUT2D eigenvalue weighted by Crippen LogP contribution is -2.38. The molecule has 5 nitrogen and oxygen atoms in total. The molecule has 0 saturated carbocycles. The smallest absolute Gasteiger partial charge is 0.338 e. The zero-order valence-electron chi connectivity index (χ0n) is 12.6. The number of nitrogens with one attached hydrogen (secondary N) is 1. The highest BCUT2D eigenvalue weighted by Crippen LogP contribution is 2.18. The van der Waals surface area contributed by atoms with Crippen molar-refractivity contribution < 1.29 is 14.3 Å². The van der Waals surface area contributed by atoms with E-state index in [9.17, 15) is 9.59 Å². The molecule has 2 rings (SSSR count). The highest BCUT2D eigenvalue weighted by molar-refractivity contribution is 5.95. The quantitative estimate of drug-likeness (QED) is 0.863. The molecule has 114 valence electrons. The van der Waals surface area contributed by atoms with E-state index in [0.717, 1.165) is 25.9 Å². The van der Waals surface area contributed by atoms with E-state index in [1.807, 2.05) is 7.05 Å². The molecular weight excluding hydrogens is 268 g/mol. The van der Waals surface area contributed by atoms with E-state index in [4.69, 9.17) is 4.74 Å². The van der Waals surface area contributed by atoms with E-state index in [0.29, 0.717) is 17.9 Å². The Bertz CT molecular complexity index is 516. The number of anilines is 1. The van der Waals surface area contributed by atoms with Crippen molar-refractivity contribution in [3.8, 4) is 0 Å². The van der Waals surface area contributed by atoms with E-state index in [1.54, 1.807) is 31.2 Å². The molecule has 0 unspecified atom stereocenters. The monoisotopic (exact) mass is 290 g/mol. The molecule has 0 aliphatic carbocycles. The van der Waals surface area contributed by atoms with Gasteiger partial charge in [-0.2, -0.15) is 0 Å². The largest absolute Gasteiger partial charge is 0.462 e. The summed E-state index contributed by atoms with van der Waals surface area (Å²) in [5, 5.41) is 2.90. The summed E-state index contributed by atoms with van der Waals surface area (Å²) in [6.07, 6.45) is 1.95. The number of esters is 1. The Labute approximate surface area is 125 Å². The Balaban J connectivity index is 2.00. The van der Waals surface area contributed by atoms with Gasteiger partial charge in [0.15, 0.2) is 0 Å². The minimum absolute atomic E-state index is 0.00926. The predicted molar refractivity (Wildman–Crippen MR) is 81.2 cm³/mol. The zero-order chi connectivity index (χ0) is 15.2. The fraction of sp³-hybridized carbons (Fsp3) is 0.500. The molecule has 21 heavy (non-hydrogen) atoms. The van der Waals surface area contributed by atoms with Crippen molar-refractivity contribution in [1.29, 1.82) is 0 Å². The molecule has 1 heterocycles. The molecular formula is C16H22N2O3. The summed E-state index contributed by atoms with van der Waals surface area (Å²) in [5.74, 6) is -0.344. The summed E-state index contributed by atoms with van der Waals surface area (Å²) in [7, 11) is 2.03. The van der Waals surface area contributed by atoms with Gasteiger partial charge < -0.3 is 15.0 Å². The molecule has 1 saturated heterocycles. The third-order valence-corrected chi connectivity index (χ3v) is 3.64. The number of hydrogen-bond donors (Lipinski definition) is 1. The minimum Gasteiger partial charge on any atom is -0.462 e. The Morgan fingerprint density at radius 2 is 2.24 bits per heavy atom. The molecule has 5 heteroatoms. The second kappa shape index (κ2) is 7.22. The van der Waals surface area contributed by atoms with Crippen LogP contribution in [0.25, 0.3) is 0 Å². The first-order valence-corrected chi connectivity index (χ1v) is 7.36. The fourth-order valence-corrected chi connectivity index (χ4v) is 2.56. The lowest BCUT2D eigenvalue weighted by molar-refractivity contribution is -0.121. The van der Waals surface area contributed by atoms with E-state index < -0.39 is 0 Å². The van der Waals surface area contributed by atoms with Crippen molar-refractivity contribution in [2.45, 2.75) is 19.8 Å². The van der Waals surface area contributed by atoms with Crippen molar-refractivity contribution in [1.82, 2.24) is 4.90 Å². The number of carbonyl (C=O) groups excluding carboxylic acids is 2. The van der Waals surface area contributed by atoms with Crippen molar-refractivity contribution in [2.75, 3.05) is 32.1 Å². The summed E-state index contributed by atoms with van der Waals surface area (Å²) >= 11 is 0. The standard InChI is InChI=1S/C16H22N2O3/c1-3-21-16(20)12-6-4-8-14(10-12)17-15(19)13-7-5-9-18(2)11-13/h4,6,8,10,13H,3,5,7,9,11H2,1-2H3,(H,17,19)/t13-/m0/s1. The van der Waals surface area contributed by atoms with Gasteiger partial charge in [-0.25, -0.2) is 4.79 Å². The van der Waals surface area contributed by atoms with Gasteiger partial charge in [-0.1, -0.05) is 6.07 Å². The van der Waals surface area contributed by atoms with Gasteiger partial charge in [-0.05, 0) is 51.6 Å². The molecule has 1 aromatic rings. The number of amides is 1. The van der Waals surface area contributed by atoms with E-state index in [2.05, 4.69) is 10.2 Å². The SMILES string of the molecule is CCOC(=O)c1cccc(NC(=O)[C@H]2CCCN(C)C2)c1. The molecule has 0 spiro atoms.